The summed E-state index contributed by atoms with van der Waals surface area (Å²) in [5.41, 5.74) is 2.44. The Morgan fingerprint density at radius 2 is 1.81 bits per heavy atom. The molecular formula is C18H30IN5S2. The van der Waals surface area contributed by atoms with Gasteiger partial charge in [-0.15, -0.1) is 46.7 Å². The van der Waals surface area contributed by atoms with Gasteiger partial charge in [0.05, 0.1) is 22.9 Å². The lowest BCUT2D eigenvalue weighted by Crippen LogP contribution is -2.37. The van der Waals surface area contributed by atoms with Gasteiger partial charge in [0.25, 0.3) is 0 Å². The molecule has 2 rings (SSSR count). The van der Waals surface area contributed by atoms with Gasteiger partial charge < -0.3 is 10.6 Å². The average Bonchev–Trinajstić information content (AvgIpc) is 3.19. The van der Waals surface area contributed by atoms with Crippen LogP contribution in [-0.2, 0) is 18.4 Å². The minimum atomic E-state index is 0. The number of nitrogens with zero attached hydrogens (tertiary/aromatic N) is 3. The van der Waals surface area contributed by atoms with Gasteiger partial charge in [0.2, 0.25) is 0 Å². The lowest BCUT2D eigenvalue weighted by Gasteiger charge is -2.14. The Morgan fingerprint density at radius 3 is 2.35 bits per heavy atom. The van der Waals surface area contributed by atoms with Gasteiger partial charge in [-0.3, -0.25) is 4.99 Å². The molecule has 0 radical (unpaired) electrons. The van der Waals surface area contributed by atoms with Gasteiger partial charge in [-0.1, -0.05) is 34.6 Å². The highest BCUT2D eigenvalue weighted by Crippen LogP contribution is 2.23. The van der Waals surface area contributed by atoms with Crippen molar-refractivity contribution < 1.29 is 0 Å². The minimum Gasteiger partial charge on any atom is -0.356 e. The molecule has 0 aliphatic carbocycles. The summed E-state index contributed by atoms with van der Waals surface area (Å²) >= 11 is 3.42. The quantitative estimate of drug-likeness (QED) is 0.342. The maximum Gasteiger partial charge on any atom is 0.191 e. The van der Waals surface area contributed by atoms with Crippen molar-refractivity contribution in [2.75, 3.05) is 13.6 Å². The number of thiazole rings is 2. The first-order valence-electron chi connectivity index (χ1n) is 8.63. The third kappa shape index (κ3) is 7.11. The minimum absolute atomic E-state index is 0. The third-order valence-corrected chi connectivity index (χ3v) is 5.52. The molecule has 2 N–H and O–H groups in total. The van der Waals surface area contributed by atoms with E-state index in [1.165, 1.54) is 5.69 Å². The van der Waals surface area contributed by atoms with Gasteiger partial charge in [-0.25, -0.2) is 9.97 Å². The number of aliphatic imine (C=N–C) groups is 1. The van der Waals surface area contributed by atoms with Crippen molar-refractivity contribution in [3.63, 3.8) is 0 Å². The maximum absolute atomic E-state index is 4.73. The number of nitrogens with one attached hydrogen (secondary N) is 2. The van der Waals surface area contributed by atoms with Crippen molar-refractivity contribution >= 4 is 52.6 Å². The molecule has 0 aliphatic heterocycles. The average molecular weight is 508 g/mol. The highest BCUT2D eigenvalue weighted by atomic mass is 127. The van der Waals surface area contributed by atoms with Crippen molar-refractivity contribution in [2.24, 2.45) is 4.99 Å². The molecule has 0 aromatic carbocycles. The normalized spacial score (nSPS) is 12.2. The Balaban J connectivity index is 0.00000338. The van der Waals surface area contributed by atoms with Crippen molar-refractivity contribution in [1.82, 2.24) is 20.6 Å². The van der Waals surface area contributed by atoms with Gasteiger partial charge in [-0.2, -0.15) is 0 Å². The summed E-state index contributed by atoms with van der Waals surface area (Å²) in [7, 11) is 1.79. The molecule has 0 atom stereocenters. The van der Waals surface area contributed by atoms with E-state index in [-0.39, 0.29) is 29.4 Å². The van der Waals surface area contributed by atoms with Crippen LogP contribution in [0.1, 0.15) is 61.9 Å². The van der Waals surface area contributed by atoms with Gasteiger partial charge >= 0.3 is 0 Å². The second-order valence-electron chi connectivity index (χ2n) is 7.30. The van der Waals surface area contributed by atoms with Gasteiger partial charge in [0.15, 0.2) is 5.96 Å². The smallest absolute Gasteiger partial charge is 0.191 e. The number of aromatic nitrogens is 2. The van der Waals surface area contributed by atoms with Crippen molar-refractivity contribution in [2.45, 2.75) is 58.9 Å². The summed E-state index contributed by atoms with van der Waals surface area (Å²) in [5, 5.41) is 13.2. The first-order valence-corrected chi connectivity index (χ1v) is 10.4. The molecule has 146 valence electrons. The van der Waals surface area contributed by atoms with Crippen LogP contribution in [0.4, 0.5) is 0 Å². The van der Waals surface area contributed by atoms with Crippen molar-refractivity contribution in [3.8, 4) is 0 Å². The predicted molar refractivity (Wildman–Crippen MR) is 124 cm³/mol. The number of hydrogen-bond acceptors (Lipinski definition) is 5. The van der Waals surface area contributed by atoms with Crippen LogP contribution >= 0.6 is 46.7 Å². The van der Waals surface area contributed by atoms with Gasteiger partial charge in [0, 0.05) is 36.2 Å². The molecule has 2 heterocycles. The fourth-order valence-corrected chi connectivity index (χ4v) is 4.03. The Bertz CT molecular complexity index is 701. The summed E-state index contributed by atoms with van der Waals surface area (Å²) in [5.74, 6) is 1.27. The number of hydrogen-bond donors (Lipinski definition) is 2. The Labute approximate surface area is 182 Å². The van der Waals surface area contributed by atoms with Crippen LogP contribution in [0.3, 0.4) is 0 Å². The van der Waals surface area contributed by atoms with E-state index < -0.39 is 0 Å². The van der Waals surface area contributed by atoms with E-state index in [1.54, 1.807) is 29.7 Å². The van der Waals surface area contributed by atoms with Crippen molar-refractivity contribution in [3.05, 3.63) is 32.2 Å². The summed E-state index contributed by atoms with van der Waals surface area (Å²) in [6.45, 7) is 12.4. The fraction of sp³-hybridized carbons (Fsp3) is 0.611. The number of rotatable bonds is 6. The number of guanidine groups is 1. The van der Waals surface area contributed by atoms with E-state index >= 15 is 0 Å². The van der Waals surface area contributed by atoms with Crippen LogP contribution in [0.2, 0.25) is 0 Å². The Kier molecular flexibility index (Phi) is 9.46. The zero-order chi connectivity index (χ0) is 18.4. The van der Waals surface area contributed by atoms with Crippen LogP contribution in [0, 0.1) is 0 Å². The standard InChI is InChI=1S/C18H29N5S2.HI/c1-12(2)13-10-24-16(22-13)9-21-17(19-6)20-8-7-15-23-14(11-25-15)18(3,4)5;/h10-12H,7-9H2,1-6H3,(H2,19,20,21);1H. The molecule has 0 amide bonds. The molecule has 0 bridgehead atoms. The summed E-state index contributed by atoms with van der Waals surface area (Å²) in [6.07, 6.45) is 0.899. The molecule has 2 aromatic rings. The van der Waals surface area contributed by atoms with E-state index in [0.29, 0.717) is 12.5 Å². The van der Waals surface area contributed by atoms with E-state index in [0.717, 1.165) is 34.6 Å². The van der Waals surface area contributed by atoms with Crippen LogP contribution in [0.25, 0.3) is 0 Å². The predicted octanol–water partition coefficient (Wildman–Crippen LogP) is 4.55. The van der Waals surface area contributed by atoms with E-state index in [4.69, 9.17) is 4.98 Å². The Hall–Kier alpha value is -0.740. The largest absolute Gasteiger partial charge is 0.356 e. The molecule has 0 aliphatic rings. The summed E-state index contributed by atoms with van der Waals surface area (Å²) in [4.78, 5) is 13.6. The third-order valence-electron chi connectivity index (χ3n) is 3.74. The monoisotopic (exact) mass is 507 g/mol. The van der Waals surface area contributed by atoms with E-state index in [1.807, 2.05) is 0 Å². The van der Waals surface area contributed by atoms with Crippen molar-refractivity contribution in [1.29, 1.82) is 0 Å². The molecular weight excluding hydrogens is 477 g/mol. The van der Waals surface area contributed by atoms with Crippen LogP contribution in [0.5, 0.6) is 0 Å². The molecule has 0 saturated carbocycles. The molecule has 5 nitrogen and oxygen atoms in total. The molecule has 0 unspecified atom stereocenters. The first kappa shape index (κ1) is 23.3. The fourth-order valence-electron chi connectivity index (χ4n) is 2.11. The molecule has 0 saturated heterocycles. The zero-order valence-corrected chi connectivity index (χ0v) is 20.4. The second kappa shape index (κ2) is 10.6. The topological polar surface area (TPSA) is 62.2 Å². The molecule has 0 fully saturated rings. The zero-order valence-electron chi connectivity index (χ0n) is 16.4. The molecule has 0 spiro atoms. The van der Waals surface area contributed by atoms with E-state index in [9.17, 15) is 0 Å². The SMILES string of the molecule is CN=C(NCCc1nc(C(C)(C)C)cs1)NCc1nc(C(C)C)cs1.I. The molecule has 8 heteroatoms. The highest BCUT2D eigenvalue weighted by molar-refractivity contribution is 14.0. The summed E-state index contributed by atoms with van der Waals surface area (Å²) < 4.78 is 0. The highest BCUT2D eigenvalue weighted by Gasteiger charge is 2.17. The number of halogens is 1. The second-order valence-corrected chi connectivity index (χ2v) is 9.19. The summed E-state index contributed by atoms with van der Waals surface area (Å²) in [6, 6.07) is 0. The van der Waals surface area contributed by atoms with Gasteiger partial charge in [-0.05, 0) is 5.92 Å². The van der Waals surface area contributed by atoms with Crippen LogP contribution in [-0.4, -0.2) is 29.5 Å². The van der Waals surface area contributed by atoms with E-state index in [2.05, 4.69) is 66.0 Å². The van der Waals surface area contributed by atoms with Gasteiger partial charge in [0.1, 0.15) is 5.01 Å². The first-order chi connectivity index (χ1) is 11.8. The molecule has 26 heavy (non-hydrogen) atoms. The lowest BCUT2D eigenvalue weighted by molar-refractivity contribution is 0.570. The maximum atomic E-state index is 4.73. The Morgan fingerprint density at radius 1 is 1.12 bits per heavy atom. The van der Waals surface area contributed by atoms with Crippen LogP contribution < -0.4 is 10.6 Å². The van der Waals surface area contributed by atoms with Crippen LogP contribution in [0.15, 0.2) is 15.8 Å². The lowest BCUT2D eigenvalue weighted by atomic mass is 9.93. The molecule has 2 aromatic heterocycles.